The van der Waals surface area contributed by atoms with Crippen LogP contribution in [0.5, 0.6) is 11.5 Å². The lowest BCUT2D eigenvalue weighted by Gasteiger charge is -2.10. The summed E-state index contributed by atoms with van der Waals surface area (Å²) in [5.74, 6) is 2.22. The van der Waals surface area contributed by atoms with E-state index >= 15 is 0 Å². The van der Waals surface area contributed by atoms with E-state index in [9.17, 15) is 4.79 Å². The highest BCUT2D eigenvalue weighted by atomic mass is 35.5. The zero-order valence-corrected chi connectivity index (χ0v) is 19.6. The highest BCUT2D eigenvalue weighted by Crippen LogP contribution is 2.28. The average Bonchev–Trinajstić information content (AvgIpc) is 3.24. The second-order valence-corrected chi connectivity index (χ2v) is 8.00. The maximum atomic E-state index is 12.4. The minimum Gasteiger partial charge on any atom is -0.497 e. The van der Waals surface area contributed by atoms with Gasteiger partial charge in [0.2, 0.25) is 5.91 Å². The quantitative estimate of drug-likeness (QED) is 0.427. The van der Waals surface area contributed by atoms with Crippen LogP contribution in [0.1, 0.15) is 23.4 Å². The molecule has 0 spiro atoms. The van der Waals surface area contributed by atoms with E-state index in [0.29, 0.717) is 46.7 Å². The molecule has 2 heterocycles. The number of carbonyl (C=O) groups is 1. The van der Waals surface area contributed by atoms with Crippen molar-refractivity contribution in [3.8, 4) is 22.9 Å². The van der Waals surface area contributed by atoms with Crippen molar-refractivity contribution in [3.05, 3.63) is 64.4 Å². The molecule has 33 heavy (non-hydrogen) atoms. The Balaban J connectivity index is 1.58. The van der Waals surface area contributed by atoms with E-state index in [4.69, 9.17) is 21.1 Å². The average molecular weight is 466 g/mol. The third-order valence-electron chi connectivity index (χ3n) is 5.39. The van der Waals surface area contributed by atoms with Crippen LogP contribution in [0.25, 0.3) is 17.2 Å². The SMILES string of the molecule is COc1cc(OC)cc(-c2nc3nc(C)c(CCC(=O)Nc4ccc(Cl)cc4)c(C)n3n2)c1. The number of aromatic nitrogens is 4. The number of nitrogens with zero attached hydrogens (tertiary/aromatic N) is 4. The number of nitrogens with one attached hydrogen (secondary N) is 1. The number of halogens is 1. The van der Waals surface area contributed by atoms with Gasteiger partial charge in [0.25, 0.3) is 5.78 Å². The van der Waals surface area contributed by atoms with Gasteiger partial charge in [-0.2, -0.15) is 4.98 Å². The molecule has 8 nitrogen and oxygen atoms in total. The molecular weight excluding hydrogens is 442 g/mol. The fourth-order valence-corrected chi connectivity index (χ4v) is 3.75. The topological polar surface area (TPSA) is 90.6 Å². The molecule has 0 aliphatic rings. The predicted octanol–water partition coefficient (Wildman–Crippen LogP) is 4.65. The van der Waals surface area contributed by atoms with Crippen LogP contribution in [0.3, 0.4) is 0 Å². The standard InChI is InChI=1S/C24H24ClN5O3/c1-14-21(9-10-22(31)27-18-7-5-17(25)6-8-18)15(2)30-24(26-14)28-23(29-30)16-11-19(32-3)13-20(12-16)33-4/h5-8,11-13H,9-10H2,1-4H3,(H,27,31). The number of ether oxygens (including phenoxy) is 2. The molecule has 170 valence electrons. The molecule has 0 bridgehead atoms. The Morgan fingerprint density at radius 2 is 1.70 bits per heavy atom. The monoisotopic (exact) mass is 465 g/mol. The van der Waals surface area contributed by atoms with Crippen molar-refractivity contribution in [1.82, 2.24) is 19.6 Å². The fraction of sp³-hybridized carbons (Fsp3) is 0.250. The summed E-state index contributed by atoms with van der Waals surface area (Å²) in [6.07, 6.45) is 0.842. The molecule has 0 fully saturated rings. The third kappa shape index (κ3) is 4.90. The maximum absolute atomic E-state index is 12.4. The number of hydrogen-bond donors (Lipinski definition) is 1. The van der Waals surface area contributed by atoms with Gasteiger partial charge in [0, 0.05) is 40.1 Å². The maximum Gasteiger partial charge on any atom is 0.253 e. The molecule has 0 aliphatic carbocycles. The summed E-state index contributed by atoms with van der Waals surface area (Å²) in [7, 11) is 3.19. The molecule has 2 aromatic heterocycles. The van der Waals surface area contributed by atoms with Crippen LogP contribution in [0.4, 0.5) is 5.69 Å². The molecule has 4 rings (SSSR count). The summed E-state index contributed by atoms with van der Waals surface area (Å²) in [5.41, 5.74) is 4.15. The summed E-state index contributed by atoms with van der Waals surface area (Å²) in [4.78, 5) is 21.7. The molecule has 1 N–H and O–H groups in total. The van der Waals surface area contributed by atoms with Gasteiger partial charge in [0.1, 0.15) is 11.5 Å². The fourth-order valence-electron chi connectivity index (χ4n) is 3.62. The summed E-state index contributed by atoms with van der Waals surface area (Å²) in [6, 6.07) is 12.5. The summed E-state index contributed by atoms with van der Waals surface area (Å²) < 4.78 is 12.4. The van der Waals surface area contributed by atoms with E-state index in [1.54, 1.807) is 49.1 Å². The van der Waals surface area contributed by atoms with Gasteiger partial charge in [0.05, 0.1) is 14.2 Å². The van der Waals surface area contributed by atoms with Gasteiger partial charge < -0.3 is 14.8 Å². The minimum atomic E-state index is -0.0843. The Kier molecular flexibility index (Phi) is 6.46. The molecule has 4 aromatic rings. The smallest absolute Gasteiger partial charge is 0.253 e. The molecule has 9 heteroatoms. The number of aryl methyl sites for hydroxylation is 2. The van der Waals surface area contributed by atoms with Gasteiger partial charge in [-0.05, 0) is 62.2 Å². The van der Waals surface area contributed by atoms with E-state index in [2.05, 4.69) is 20.4 Å². The third-order valence-corrected chi connectivity index (χ3v) is 5.64. The molecule has 0 unspecified atom stereocenters. The minimum absolute atomic E-state index is 0.0843. The van der Waals surface area contributed by atoms with Gasteiger partial charge in [-0.25, -0.2) is 9.50 Å². The number of hydrogen-bond acceptors (Lipinski definition) is 6. The second-order valence-electron chi connectivity index (χ2n) is 7.56. The Morgan fingerprint density at radius 3 is 2.33 bits per heavy atom. The van der Waals surface area contributed by atoms with Crippen LogP contribution in [-0.2, 0) is 11.2 Å². The van der Waals surface area contributed by atoms with Gasteiger partial charge in [-0.1, -0.05) is 11.6 Å². The zero-order chi connectivity index (χ0) is 23.5. The van der Waals surface area contributed by atoms with Crippen molar-refractivity contribution < 1.29 is 14.3 Å². The summed E-state index contributed by atoms with van der Waals surface area (Å²) >= 11 is 5.90. The van der Waals surface area contributed by atoms with Crippen LogP contribution < -0.4 is 14.8 Å². The number of rotatable bonds is 7. The highest BCUT2D eigenvalue weighted by Gasteiger charge is 2.16. The van der Waals surface area contributed by atoms with E-state index in [1.807, 2.05) is 26.0 Å². The van der Waals surface area contributed by atoms with Crippen LogP contribution in [0.2, 0.25) is 5.02 Å². The first kappa shape index (κ1) is 22.5. The van der Waals surface area contributed by atoms with E-state index < -0.39 is 0 Å². The number of anilines is 1. The van der Waals surface area contributed by atoms with Crippen LogP contribution in [-0.4, -0.2) is 39.7 Å². The van der Waals surface area contributed by atoms with Crippen molar-refractivity contribution >= 4 is 29.0 Å². The second kappa shape index (κ2) is 9.46. The number of methoxy groups -OCH3 is 2. The largest absolute Gasteiger partial charge is 0.497 e. The van der Waals surface area contributed by atoms with Crippen LogP contribution >= 0.6 is 11.6 Å². The van der Waals surface area contributed by atoms with E-state index in [-0.39, 0.29) is 5.91 Å². The number of benzene rings is 2. The Labute approximate surface area is 196 Å². The number of carbonyl (C=O) groups excluding carboxylic acids is 1. The number of amides is 1. The van der Waals surface area contributed by atoms with Gasteiger partial charge >= 0.3 is 0 Å². The molecule has 1 amide bonds. The van der Waals surface area contributed by atoms with Gasteiger partial charge in [-0.15, -0.1) is 5.10 Å². The van der Waals surface area contributed by atoms with Gasteiger partial charge in [-0.3, -0.25) is 4.79 Å². The van der Waals surface area contributed by atoms with E-state index in [1.165, 1.54) is 0 Å². The number of fused-ring (bicyclic) bond motifs is 1. The normalized spacial score (nSPS) is 10.9. The lowest BCUT2D eigenvalue weighted by molar-refractivity contribution is -0.116. The lowest BCUT2D eigenvalue weighted by Crippen LogP contribution is -2.14. The molecule has 2 aromatic carbocycles. The Hall–Kier alpha value is -3.65. The lowest BCUT2D eigenvalue weighted by atomic mass is 10.1. The van der Waals surface area contributed by atoms with Crippen molar-refractivity contribution in [1.29, 1.82) is 0 Å². The highest BCUT2D eigenvalue weighted by molar-refractivity contribution is 6.30. The molecular formula is C24H24ClN5O3. The van der Waals surface area contributed by atoms with Crippen molar-refractivity contribution in [2.75, 3.05) is 19.5 Å². The summed E-state index contributed by atoms with van der Waals surface area (Å²) in [5, 5.41) is 8.17. The molecule has 0 atom stereocenters. The first-order chi connectivity index (χ1) is 15.9. The first-order valence-electron chi connectivity index (χ1n) is 10.4. The van der Waals surface area contributed by atoms with Crippen molar-refractivity contribution in [2.45, 2.75) is 26.7 Å². The zero-order valence-electron chi connectivity index (χ0n) is 18.8. The summed E-state index contributed by atoms with van der Waals surface area (Å²) in [6.45, 7) is 3.88. The van der Waals surface area contributed by atoms with Crippen LogP contribution in [0.15, 0.2) is 42.5 Å². The first-order valence-corrected chi connectivity index (χ1v) is 10.8. The van der Waals surface area contributed by atoms with Crippen LogP contribution in [0, 0.1) is 13.8 Å². The Bertz CT molecular complexity index is 1300. The molecule has 0 saturated carbocycles. The van der Waals surface area contributed by atoms with Gasteiger partial charge in [0.15, 0.2) is 5.82 Å². The molecule has 0 saturated heterocycles. The predicted molar refractivity (Wildman–Crippen MR) is 127 cm³/mol. The molecule has 0 radical (unpaired) electrons. The molecule has 0 aliphatic heterocycles. The van der Waals surface area contributed by atoms with E-state index in [0.717, 1.165) is 22.5 Å². The van der Waals surface area contributed by atoms with Crippen molar-refractivity contribution in [3.63, 3.8) is 0 Å². The van der Waals surface area contributed by atoms with Crippen molar-refractivity contribution in [2.24, 2.45) is 0 Å². The Morgan fingerprint density at radius 1 is 1.03 bits per heavy atom.